The number of methoxy groups -OCH3 is 1. The summed E-state index contributed by atoms with van der Waals surface area (Å²) in [4.78, 5) is 11.9. The predicted octanol–water partition coefficient (Wildman–Crippen LogP) is 2.93. The highest BCUT2D eigenvalue weighted by Gasteiger charge is 2.03. The number of amides is 1. The van der Waals surface area contributed by atoms with Crippen LogP contribution in [0, 0.1) is 0 Å². The standard InChI is InChI=1S/C17H16N2O3S/c1-22-15-5-3-2-4-12(15)6-11-16(21)19-17(23)18-13-7-9-14(20)10-8-13/h2-11,20H,1H3,(H2,18,19,21,23). The van der Waals surface area contributed by atoms with Gasteiger partial charge in [0.15, 0.2) is 5.11 Å². The molecule has 0 spiro atoms. The van der Waals surface area contributed by atoms with Gasteiger partial charge in [-0.15, -0.1) is 0 Å². The summed E-state index contributed by atoms with van der Waals surface area (Å²) in [5.41, 5.74) is 1.46. The van der Waals surface area contributed by atoms with Gasteiger partial charge in [0.1, 0.15) is 11.5 Å². The molecule has 0 saturated carbocycles. The molecule has 0 bridgehead atoms. The Bertz CT molecular complexity index is 727. The Morgan fingerprint density at radius 1 is 1.17 bits per heavy atom. The summed E-state index contributed by atoms with van der Waals surface area (Å²) in [6, 6.07) is 13.7. The molecule has 1 amide bonds. The first-order chi connectivity index (χ1) is 11.1. The fraction of sp³-hybridized carbons (Fsp3) is 0.0588. The van der Waals surface area contributed by atoms with Gasteiger partial charge in [-0.25, -0.2) is 0 Å². The van der Waals surface area contributed by atoms with Crippen LogP contribution in [0.4, 0.5) is 5.69 Å². The fourth-order valence-corrected chi connectivity index (χ4v) is 2.05. The van der Waals surface area contributed by atoms with E-state index in [1.807, 2.05) is 24.3 Å². The van der Waals surface area contributed by atoms with Crippen molar-refractivity contribution in [1.29, 1.82) is 0 Å². The van der Waals surface area contributed by atoms with Crippen LogP contribution in [0.1, 0.15) is 5.56 Å². The maximum absolute atomic E-state index is 11.9. The van der Waals surface area contributed by atoms with Crippen molar-refractivity contribution in [3.8, 4) is 11.5 Å². The van der Waals surface area contributed by atoms with Crippen molar-refractivity contribution in [3.63, 3.8) is 0 Å². The Morgan fingerprint density at radius 3 is 2.57 bits per heavy atom. The van der Waals surface area contributed by atoms with Crippen molar-refractivity contribution in [3.05, 3.63) is 60.2 Å². The lowest BCUT2D eigenvalue weighted by molar-refractivity contribution is -0.115. The highest BCUT2D eigenvalue weighted by Crippen LogP contribution is 2.18. The number of benzene rings is 2. The molecule has 0 aliphatic carbocycles. The number of anilines is 1. The zero-order valence-electron chi connectivity index (χ0n) is 12.4. The van der Waals surface area contributed by atoms with Crippen molar-refractivity contribution in [2.75, 3.05) is 12.4 Å². The molecule has 0 aromatic heterocycles. The number of phenolic OH excluding ortho intramolecular Hbond substituents is 1. The number of nitrogens with one attached hydrogen (secondary N) is 2. The molecule has 0 heterocycles. The second-order valence-corrected chi connectivity index (χ2v) is 4.97. The third-order valence-corrected chi connectivity index (χ3v) is 3.12. The van der Waals surface area contributed by atoms with E-state index in [2.05, 4.69) is 10.6 Å². The van der Waals surface area contributed by atoms with E-state index in [1.54, 1.807) is 25.3 Å². The van der Waals surface area contributed by atoms with E-state index in [1.165, 1.54) is 18.2 Å². The number of thiocarbonyl (C=S) groups is 1. The number of rotatable bonds is 4. The van der Waals surface area contributed by atoms with Gasteiger partial charge in [0, 0.05) is 17.3 Å². The number of para-hydroxylation sites is 1. The lowest BCUT2D eigenvalue weighted by Crippen LogP contribution is -2.32. The molecule has 0 fully saturated rings. The van der Waals surface area contributed by atoms with Gasteiger partial charge in [-0.1, -0.05) is 18.2 Å². The molecule has 2 rings (SSSR count). The Morgan fingerprint density at radius 2 is 1.87 bits per heavy atom. The second-order valence-electron chi connectivity index (χ2n) is 4.57. The summed E-state index contributed by atoms with van der Waals surface area (Å²) < 4.78 is 5.21. The molecular weight excluding hydrogens is 312 g/mol. The van der Waals surface area contributed by atoms with Crippen LogP contribution in [0.5, 0.6) is 11.5 Å². The van der Waals surface area contributed by atoms with E-state index >= 15 is 0 Å². The fourth-order valence-electron chi connectivity index (χ4n) is 1.83. The molecule has 0 atom stereocenters. The lowest BCUT2D eigenvalue weighted by Gasteiger charge is -2.08. The zero-order chi connectivity index (χ0) is 16.7. The van der Waals surface area contributed by atoms with E-state index < -0.39 is 0 Å². The summed E-state index contributed by atoms with van der Waals surface area (Å²) in [7, 11) is 1.57. The molecule has 3 N–H and O–H groups in total. The van der Waals surface area contributed by atoms with Crippen molar-refractivity contribution in [2.45, 2.75) is 0 Å². The van der Waals surface area contributed by atoms with Gasteiger partial charge < -0.3 is 15.2 Å². The Kier molecular flexibility index (Phi) is 5.71. The quantitative estimate of drug-likeness (QED) is 0.457. The maximum atomic E-state index is 11.9. The molecule has 0 aliphatic rings. The Labute approximate surface area is 139 Å². The minimum absolute atomic E-state index is 0.158. The first kappa shape index (κ1) is 16.5. The van der Waals surface area contributed by atoms with Crippen molar-refractivity contribution >= 4 is 35.0 Å². The monoisotopic (exact) mass is 328 g/mol. The molecule has 2 aromatic carbocycles. The lowest BCUT2D eigenvalue weighted by atomic mass is 10.2. The van der Waals surface area contributed by atoms with Crippen LogP contribution in [0.25, 0.3) is 6.08 Å². The van der Waals surface area contributed by atoms with Crippen LogP contribution in [-0.2, 0) is 4.79 Å². The number of ether oxygens (including phenoxy) is 1. The molecule has 0 radical (unpaired) electrons. The molecule has 0 saturated heterocycles. The number of hydrogen-bond donors (Lipinski definition) is 3. The van der Waals surface area contributed by atoms with Crippen molar-refractivity contribution in [2.24, 2.45) is 0 Å². The van der Waals surface area contributed by atoms with E-state index in [0.29, 0.717) is 11.4 Å². The number of hydrogen-bond acceptors (Lipinski definition) is 4. The first-order valence-corrected chi connectivity index (χ1v) is 7.21. The van der Waals surface area contributed by atoms with Crippen LogP contribution >= 0.6 is 12.2 Å². The number of aromatic hydroxyl groups is 1. The zero-order valence-corrected chi connectivity index (χ0v) is 13.3. The molecule has 2 aromatic rings. The Balaban J connectivity index is 1.92. The number of phenols is 1. The van der Waals surface area contributed by atoms with Crippen LogP contribution in [-0.4, -0.2) is 23.2 Å². The van der Waals surface area contributed by atoms with Crippen molar-refractivity contribution in [1.82, 2.24) is 5.32 Å². The van der Waals surface area contributed by atoms with Gasteiger partial charge in [0.2, 0.25) is 5.91 Å². The molecule has 6 heteroatoms. The summed E-state index contributed by atoms with van der Waals surface area (Å²) in [5, 5.41) is 14.8. The van der Waals surface area contributed by atoms with Gasteiger partial charge in [-0.05, 0) is 48.6 Å². The molecule has 0 aliphatic heterocycles. The largest absolute Gasteiger partial charge is 0.508 e. The molecular formula is C17H16N2O3S. The minimum atomic E-state index is -0.354. The smallest absolute Gasteiger partial charge is 0.250 e. The summed E-state index contributed by atoms with van der Waals surface area (Å²) in [5.74, 6) is 0.485. The third kappa shape index (κ3) is 5.12. The predicted molar refractivity (Wildman–Crippen MR) is 94.5 cm³/mol. The van der Waals surface area contributed by atoms with Gasteiger partial charge in [0.05, 0.1) is 7.11 Å². The highest BCUT2D eigenvalue weighted by molar-refractivity contribution is 7.80. The van der Waals surface area contributed by atoms with Crippen LogP contribution < -0.4 is 15.4 Å². The Hall–Kier alpha value is -2.86. The summed E-state index contributed by atoms with van der Waals surface area (Å²) >= 11 is 5.06. The van der Waals surface area contributed by atoms with Gasteiger partial charge in [-0.3, -0.25) is 10.1 Å². The first-order valence-electron chi connectivity index (χ1n) is 6.80. The maximum Gasteiger partial charge on any atom is 0.250 e. The number of carbonyl (C=O) groups is 1. The average molecular weight is 328 g/mol. The van der Waals surface area contributed by atoms with Crippen molar-refractivity contribution < 1.29 is 14.6 Å². The molecule has 118 valence electrons. The van der Waals surface area contributed by atoms with Gasteiger partial charge in [-0.2, -0.15) is 0 Å². The highest BCUT2D eigenvalue weighted by atomic mass is 32.1. The second kappa shape index (κ2) is 7.95. The van der Waals surface area contributed by atoms with Crippen LogP contribution in [0.2, 0.25) is 0 Å². The topological polar surface area (TPSA) is 70.6 Å². The molecule has 5 nitrogen and oxygen atoms in total. The minimum Gasteiger partial charge on any atom is -0.508 e. The van der Waals surface area contributed by atoms with E-state index in [4.69, 9.17) is 17.0 Å². The summed E-state index contributed by atoms with van der Waals surface area (Å²) in [6.07, 6.45) is 3.03. The summed E-state index contributed by atoms with van der Waals surface area (Å²) in [6.45, 7) is 0. The van der Waals surface area contributed by atoms with E-state index in [-0.39, 0.29) is 16.8 Å². The third-order valence-electron chi connectivity index (χ3n) is 2.92. The molecule has 0 unspecified atom stereocenters. The van der Waals surface area contributed by atoms with Crippen LogP contribution in [0.3, 0.4) is 0 Å². The van der Waals surface area contributed by atoms with Gasteiger partial charge >= 0.3 is 0 Å². The molecule has 23 heavy (non-hydrogen) atoms. The number of carbonyl (C=O) groups excluding carboxylic acids is 1. The van der Waals surface area contributed by atoms with E-state index in [0.717, 1.165) is 5.56 Å². The average Bonchev–Trinajstić information content (AvgIpc) is 2.55. The van der Waals surface area contributed by atoms with Crippen LogP contribution in [0.15, 0.2) is 54.6 Å². The SMILES string of the molecule is COc1ccccc1C=CC(=O)NC(=S)Nc1ccc(O)cc1. The van der Waals surface area contributed by atoms with Gasteiger partial charge in [0.25, 0.3) is 0 Å². The van der Waals surface area contributed by atoms with E-state index in [9.17, 15) is 9.90 Å². The normalized spacial score (nSPS) is 10.3.